The van der Waals surface area contributed by atoms with Crippen LogP contribution in [0.25, 0.3) is 6.08 Å². The van der Waals surface area contributed by atoms with Gasteiger partial charge in [0.15, 0.2) is 11.5 Å². The summed E-state index contributed by atoms with van der Waals surface area (Å²) < 4.78 is 10.8. The third-order valence-electron chi connectivity index (χ3n) is 3.55. The first kappa shape index (κ1) is 18.9. The second-order valence-electron chi connectivity index (χ2n) is 5.50. The van der Waals surface area contributed by atoms with Crippen LogP contribution < -0.4 is 14.8 Å². The topological polar surface area (TPSA) is 47.6 Å². The molecule has 0 unspecified atom stereocenters. The lowest BCUT2D eigenvalue weighted by molar-refractivity contribution is -0.116. The van der Waals surface area contributed by atoms with E-state index in [9.17, 15) is 4.79 Å². The number of carbonyl (C=O) groups excluding carboxylic acids is 1. The zero-order chi connectivity index (χ0) is 18.2. The van der Waals surface area contributed by atoms with Crippen molar-refractivity contribution >= 4 is 23.6 Å². The third-order valence-corrected chi connectivity index (χ3v) is 3.84. The molecule has 0 aromatic heterocycles. The number of halogens is 1. The summed E-state index contributed by atoms with van der Waals surface area (Å²) in [5.74, 6) is 0.867. The smallest absolute Gasteiger partial charge is 0.244 e. The molecule has 2 rings (SSSR count). The van der Waals surface area contributed by atoms with Crippen LogP contribution in [-0.2, 0) is 11.3 Å². The van der Waals surface area contributed by atoms with Gasteiger partial charge in [-0.2, -0.15) is 0 Å². The van der Waals surface area contributed by atoms with Crippen LogP contribution in [0.15, 0.2) is 42.5 Å². The lowest BCUT2D eigenvalue weighted by Crippen LogP contribution is -2.20. The number of hydrogen-bond acceptors (Lipinski definition) is 3. The quantitative estimate of drug-likeness (QED) is 0.746. The Morgan fingerprint density at radius 3 is 2.60 bits per heavy atom. The van der Waals surface area contributed by atoms with E-state index in [1.165, 1.54) is 11.6 Å². The molecule has 0 spiro atoms. The molecule has 0 saturated carbocycles. The van der Waals surface area contributed by atoms with Gasteiger partial charge in [-0.25, -0.2) is 0 Å². The van der Waals surface area contributed by atoms with Crippen LogP contribution in [0.5, 0.6) is 11.5 Å². The molecule has 0 bridgehead atoms. The number of rotatable bonds is 7. The fraction of sp³-hybridized carbons (Fsp3) is 0.250. The molecule has 25 heavy (non-hydrogen) atoms. The van der Waals surface area contributed by atoms with Crippen molar-refractivity contribution in [1.29, 1.82) is 0 Å². The number of benzene rings is 2. The number of hydrogen-bond donors (Lipinski definition) is 1. The molecule has 0 atom stereocenters. The molecule has 2 aromatic rings. The zero-order valence-corrected chi connectivity index (χ0v) is 15.4. The number of aryl methyl sites for hydroxylation is 1. The van der Waals surface area contributed by atoms with Crippen molar-refractivity contribution < 1.29 is 14.3 Å². The summed E-state index contributed by atoms with van der Waals surface area (Å²) in [5.41, 5.74) is 3.00. The standard InChI is InChI=1S/C20H22ClNO3/c1-4-25-20-17(21)11-16(12-18(20)24-3)9-10-19(23)22-13-15-7-5-14(2)6-8-15/h5-12H,4,13H2,1-3H3,(H,22,23)/b10-9+. The van der Waals surface area contributed by atoms with E-state index in [-0.39, 0.29) is 5.91 Å². The Bertz CT molecular complexity index is 754. The first-order valence-corrected chi connectivity index (χ1v) is 8.43. The molecule has 1 amide bonds. The Balaban J connectivity index is 2.01. The maximum atomic E-state index is 12.0. The molecule has 1 N–H and O–H groups in total. The van der Waals surface area contributed by atoms with Gasteiger partial charge in [-0.3, -0.25) is 4.79 Å². The van der Waals surface area contributed by atoms with E-state index < -0.39 is 0 Å². The molecule has 0 heterocycles. The van der Waals surface area contributed by atoms with Crippen LogP contribution in [0.3, 0.4) is 0 Å². The van der Waals surface area contributed by atoms with Gasteiger partial charge in [-0.15, -0.1) is 0 Å². The van der Waals surface area contributed by atoms with Gasteiger partial charge in [0.1, 0.15) is 0 Å². The lowest BCUT2D eigenvalue weighted by atomic mass is 10.1. The maximum absolute atomic E-state index is 12.0. The second kappa shape index (κ2) is 9.14. The lowest BCUT2D eigenvalue weighted by Gasteiger charge is -2.11. The second-order valence-corrected chi connectivity index (χ2v) is 5.91. The monoisotopic (exact) mass is 359 g/mol. The van der Waals surface area contributed by atoms with Gasteiger partial charge in [0.2, 0.25) is 5.91 Å². The SMILES string of the molecule is CCOc1c(Cl)cc(/C=C/C(=O)NCc2ccc(C)cc2)cc1OC. The van der Waals surface area contributed by atoms with Crippen molar-refractivity contribution in [2.45, 2.75) is 20.4 Å². The highest BCUT2D eigenvalue weighted by molar-refractivity contribution is 6.32. The minimum absolute atomic E-state index is 0.176. The summed E-state index contributed by atoms with van der Waals surface area (Å²) in [5, 5.41) is 3.29. The summed E-state index contributed by atoms with van der Waals surface area (Å²) in [6.07, 6.45) is 3.16. The predicted octanol–water partition coefficient (Wildman–Crippen LogP) is 4.39. The van der Waals surface area contributed by atoms with E-state index in [1.807, 2.05) is 38.1 Å². The molecule has 0 fully saturated rings. The molecule has 2 aromatic carbocycles. The highest BCUT2D eigenvalue weighted by atomic mass is 35.5. The number of ether oxygens (including phenoxy) is 2. The molecule has 132 valence electrons. The van der Waals surface area contributed by atoms with Gasteiger partial charge in [0, 0.05) is 12.6 Å². The van der Waals surface area contributed by atoms with Crippen molar-refractivity contribution in [2.75, 3.05) is 13.7 Å². The van der Waals surface area contributed by atoms with Crippen molar-refractivity contribution in [3.63, 3.8) is 0 Å². The van der Waals surface area contributed by atoms with E-state index in [4.69, 9.17) is 21.1 Å². The van der Waals surface area contributed by atoms with Gasteiger partial charge in [0.05, 0.1) is 18.7 Å². The van der Waals surface area contributed by atoms with E-state index in [0.717, 1.165) is 11.1 Å². The number of methoxy groups -OCH3 is 1. The number of nitrogens with one attached hydrogen (secondary N) is 1. The first-order chi connectivity index (χ1) is 12.0. The normalized spacial score (nSPS) is 10.7. The largest absolute Gasteiger partial charge is 0.493 e. The Morgan fingerprint density at radius 2 is 1.96 bits per heavy atom. The fourth-order valence-electron chi connectivity index (χ4n) is 2.25. The Labute approximate surface area is 153 Å². The zero-order valence-electron chi connectivity index (χ0n) is 14.6. The summed E-state index contributed by atoms with van der Waals surface area (Å²) >= 11 is 6.22. The fourth-order valence-corrected chi connectivity index (χ4v) is 2.52. The van der Waals surface area contributed by atoms with Crippen LogP contribution in [0, 0.1) is 6.92 Å². The number of carbonyl (C=O) groups is 1. The average Bonchev–Trinajstić information content (AvgIpc) is 2.61. The molecule has 4 nitrogen and oxygen atoms in total. The molecule has 0 saturated heterocycles. The summed E-state index contributed by atoms with van der Waals surface area (Å²) in [6, 6.07) is 11.5. The third kappa shape index (κ3) is 5.54. The van der Waals surface area contributed by atoms with Crippen molar-refractivity contribution in [1.82, 2.24) is 5.32 Å². The minimum atomic E-state index is -0.176. The van der Waals surface area contributed by atoms with Crippen LogP contribution in [0.2, 0.25) is 5.02 Å². The van der Waals surface area contributed by atoms with Crippen molar-refractivity contribution in [3.8, 4) is 11.5 Å². The Hall–Kier alpha value is -2.46. The van der Waals surface area contributed by atoms with Gasteiger partial charge in [-0.1, -0.05) is 41.4 Å². The highest BCUT2D eigenvalue weighted by Gasteiger charge is 2.10. The predicted molar refractivity (Wildman–Crippen MR) is 101 cm³/mol. The molecule has 0 aliphatic rings. The molecular formula is C20H22ClNO3. The summed E-state index contributed by atoms with van der Waals surface area (Å²) in [7, 11) is 1.55. The van der Waals surface area contributed by atoms with Crippen molar-refractivity contribution in [2.24, 2.45) is 0 Å². The van der Waals surface area contributed by atoms with Crippen LogP contribution in [0.4, 0.5) is 0 Å². The van der Waals surface area contributed by atoms with E-state index >= 15 is 0 Å². The van der Waals surface area contributed by atoms with Crippen LogP contribution >= 0.6 is 11.6 Å². The molecule has 0 aliphatic carbocycles. The van der Waals surface area contributed by atoms with Crippen LogP contribution in [-0.4, -0.2) is 19.6 Å². The highest BCUT2D eigenvalue weighted by Crippen LogP contribution is 2.36. The molecule has 0 aliphatic heterocycles. The van der Waals surface area contributed by atoms with Gasteiger partial charge < -0.3 is 14.8 Å². The average molecular weight is 360 g/mol. The minimum Gasteiger partial charge on any atom is -0.493 e. The van der Waals surface area contributed by atoms with E-state index in [0.29, 0.717) is 29.7 Å². The van der Waals surface area contributed by atoms with Gasteiger partial charge in [-0.05, 0) is 43.2 Å². The van der Waals surface area contributed by atoms with E-state index in [2.05, 4.69) is 5.32 Å². The Morgan fingerprint density at radius 1 is 1.24 bits per heavy atom. The van der Waals surface area contributed by atoms with E-state index in [1.54, 1.807) is 25.3 Å². The molecular weight excluding hydrogens is 338 g/mol. The van der Waals surface area contributed by atoms with Gasteiger partial charge >= 0.3 is 0 Å². The Kier molecular flexibility index (Phi) is 6.90. The van der Waals surface area contributed by atoms with Crippen LogP contribution in [0.1, 0.15) is 23.6 Å². The molecule has 0 radical (unpaired) electrons. The summed E-state index contributed by atoms with van der Waals surface area (Å²) in [4.78, 5) is 12.0. The molecule has 5 heteroatoms. The van der Waals surface area contributed by atoms with Crippen molar-refractivity contribution in [3.05, 3.63) is 64.2 Å². The summed E-state index contributed by atoms with van der Waals surface area (Å²) in [6.45, 7) is 4.88. The maximum Gasteiger partial charge on any atom is 0.244 e. The van der Waals surface area contributed by atoms with Gasteiger partial charge in [0.25, 0.3) is 0 Å². The number of amides is 1. The first-order valence-electron chi connectivity index (χ1n) is 8.05.